The van der Waals surface area contributed by atoms with Crippen LogP contribution in [0, 0.1) is 19.8 Å². The molecule has 2 unspecified atom stereocenters. The number of hydrogen-bond donors (Lipinski definition) is 2. The van der Waals surface area contributed by atoms with Crippen LogP contribution in [0.5, 0.6) is 0 Å². The Hall–Kier alpha value is -3.05. The summed E-state index contributed by atoms with van der Waals surface area (Å²) in [6.07, 6.45) is 2.03. The van der Waals surface area contributed by atoms with E-state index in [0.29, 0.717) is 5.56 Å². The molecule has 2 atom stereocenters. The molecule has 0 aliphatic heterocycles. The number of aryl methyl sites for hydroxylation is 3. The Morgan fingerprint density at radius 2 is 1.62 bits per heavy atom. The molecule has 3 aromatic rings. The van der Waals surface area contributed by atoms with Crippen LogP contribution < -0.4 is 10.6 Å². The van der Waals surface area contributed by atoms with Gasteiger partial charge in [0.05, 0.1) is 11.9 Å². The first-order valence-electron chi connectivity index (χ1n) is 13.2. The highest BCUT2D eigenvalue weighted by Gasteiger charge is 2.25. The summed E-state index contributed by atoms with van der Waals surface area (Å²) in [4.78, 5) is 23.9. The van der Waals surface area contributed by atoms with E-state index in [2.05, 4.69) is 54.8 Å². The van der Waals surface area contributed by atoms with Gasteiger partial charge >= 0.3 is 0 Å². The Kier molecular flexibility index (Phi) is 13.0. The highest BCUT2D eigenvalue weighted by atomic mass is 32.2. The summed E-state index contributed by atoms with van der Waals surface area (Å²) in [6, 6.07) is 24.4. The van der Waals surface area contributed by atoms with Crippen molar-refractivity contribution in [1.29, 1.82) is 0 Å². The van der Waals surface area contributed by atoms with Crippen molar-refractivity contribution >= 4 is 29.1 Å². The van der Waals surface area contributed by atoms with Crippen LogP contribution in [0.15, 0.2) is 72.8 Å². The van der Waals surface area contributed by atoms with E-state index in [-0.39, 0.29) is 23.7 Å². The lowest BCUT2D eigenvalue weighted by Crippen LogP contribution is -2.33. The predicted molar refractivity (Wildman–Crippen MR) is 159 cm³/mol. The highest BCUT2D eigenvalue weighted by molar-refractivity contribution is 7.99. The number of carbonyl (C=O) groups is 2. The lowest BCUT2D eigenvalue weighted by atomic mass is 10.0. The van der Waals surface area contributed by atoms with E-state index in [1.165, 1.54) is 22.3 Å². The molecule has 0 aromatic heterocycles. The zero-order chi connectivity index (χ0) is 27.2. The fourth-order valence-electron chi connectivity index (χ4n) is 4.01. The van der Waals surface area contributed by atoms with Gasteiger partial charge in [0.2, 0.25) is 5.91 Å². The number of nitrogens with one attached hydrogen (secondary N) is 2. The number of Topliss-reactive ketones (excluding diaryl/α,β-unsaturated/α-hetero) is 1. The monoisotopic (exact) mass is 518 g/mol. The molecule has 198 valence electrons. The zero-order valence-electron chi connectivity index (χ0n) is 23.1. The largest absolute Gasteiger partial charge is 0.376 e. The molecule has 1 aliphatic carbocycles. The Morgan fingerprint density at radius 3 is 2.22 bits per heavy atom. The van der Waals surface area contributed by atoms with Crippen LogP contribution >= 0.6 is 11.8 Å². The molecule has 2 N–H and O–H groups in total. The molecule has 37 heavy (non-hydrogen) atoms. The van der Waals surface area contributed by atoms with Gasteiger partial charge in [0.15, 0.2) is 5.78 Å². The summed E-state index contributed by atoms with van der Waals surface area (Å²) in [5, 5.41) is 6.54. The summed E-state index contributed by atoms with van der Waals surface area (Å²) in [5.41, 5.74) is 6.93. The Morgan fingerprint density at radius 1 is 0.946 bits per heavy atom. The first-order valence-corrected chi connectivity index (χ1v) is 14.3. The van der Waals surface area contributed by atoms with Gasteiger partial charge in [-0.15, -0.1) is 11.8 Å². The summed E-state index contributed by atoms with van der Waals surface area (Å²) in [7, 11) is 0. The molecule has 0 heterocycles. The summed E-state index contributed by atoms with van der Waals surface area (Å²) >= 11 is 1.70. The molecule has 0 saturated carbocycles. The SMILES string of the molecule is CC.CC(=O)c1ccc(NCSCC(C)C(=O)NC2CCc3cc(C)ccc32)cc1.Cc1ccccc1. The maximum absolute atomic E-state index is 12.6. The molecule has 0 saturated heterocycles. The van der Waals surface area contributed by atoms with Crippen LogP contribution in [0.2, 0.25) is 0 Å². The van der Waals surface area contributed by atoms with Crippen molar-refractivity contribution in [2.24, 2.45) is 5.92 Å². The normalized spacial score (nSPS) is 14.2. The third kappa shape index (κ3) is 10.1. The van der Waals surface area contributed by atoms with E-state index in [1.807, 2.05) is 63.2 Å². The van der Waals surface area contributed by atoms with Crippen LogP contribution in [-0.2, 0) is 11.2 Å². The average Bonchev–Trinajstić information content (AvgIpc) is 3.30. The van der Waals surface area contributed by atoms with Crippen molar-refractivity contribution in [3.05, 3.63) is 101 Å². The first kappa shape index (κ1) is 30.2. The maximum atomic E-state index is 12.6. The van der Waals surface area contributed by atoms with Crippen molar-refractivity contribution in [2.75, 3.05) is 16.9 Å². The minimum Gasteiger partial charge on any atom is -0.376 e. The Balaban J connectivity index is 0.000000455. The summed E-state index contributed by atoms with van der Waals surface area (Å²) < 4.78 is 0. The van der Waals surface area contributed by atoms with Crippen LogP contribution in [0.25, 0.3) is 0 Å². The third-order valence-corrected chi connectivity index (χ3v) is 7.20. The average molecular weight is 519 g/mol. The molecule has 0 radical (unpaired) electrons. The lowest BCUT2D eigenvalue weighted by Gasteiger charge is -2.18. The van der Waals surface area contributed by atoms with Gasteiger partial charge in [-0.25, -0.2) is 0 Å². The molecular formula is C32H42N2O2S. The quantitative estimate of drug-likeness (QED) is 0.182. The number of thioether (sulfide) groups is 1. The predicted octanol–water partition coefficient (Wildman–Crippen LogP) is 7.76. The summed E-state index contributed by atoms with van der Waals surface area (Å²) in [5.74, 6) is 1.64. The molecule has 0 spiro atoms. The number of rotatable bonds is 8. The van der Waals surface area contributed by atoms with Crippen molar-refractivity contribution in [1.82, 2.24) is 5.32 Å². The minimum absolute atomic E-state index is 0.0404. The van der Waals surface area contributed by atoms with Gasteiger partial charge in [-0.3, -0.25) is 9.59 Å². The molecule has 4 nitrogen and oxygen atoms in total. The van der Waals surface area contributed by atoms with Crippen molar-refractivity contribution in [3.63, 3.8) is 0 Å². The van der Waals surface area contributed by atoms with Crippen molar-refractivity contribution in [2.45, 2.75) is 60.4 Å². The van der Waals surface area contributed by atoms with Gasteiger partial charge in [0, 0.05) is 22.9 Å². The van der Waals surface area contributed by atoms with E-state index in [4.69, 9.17) is 0 Å². The van der Waals surface area contributed by atoms with E-state index >= 15 is 0 Å². The zero-order valence-corrected chi connectivity index (χ0v) is 24.0. The van der Waals surface area contributed by atoms with Crippen LogP contribution in [-0.4, -0.2) is 23.3 Å². The molecule has 0 fully saturated rings. The number of carbonyl (C=O) groups excluding carboxylic acids is 2. The number of amides is 1. The Labute approximate surface area is 227 Å². The number of ketones is 1. The number of hydrogen-bond acceptors (Lipinski definition) is 4. The van der Waals surface area contributed by atoms with Gasteiger partial charge in [-0.1, -0.05) is 80.4 Å². The lowest BCUT2D eigenvalue weighted by molar-refractivity contribution is -0.124. The molecule has 5 heteroatoms. The second-order valence-electron chi connectivity index (χ2n) is 9.18. The van der Waals surface area contributed by atoms with Gasteiger partial charge in [-0.05, 0) is 69.0 Å². The standard InChI is InChI=1S/C23H28N2O2S.C7H8.C2H6/c1-15-4-10-21-19(12-15)7-11-22(21)25-23(27)16(2)13-28-14-24-20-8-5-18(6-9-20)17(3)26;1-7-5-3-2-4-6-7;1-2/h4-6,8-10,12,16,22,24H,7,11,13-14H2,1-3H3,(H,25,27);2-6H,1H3;1-2H3. The first-order chi connectivity index (χ1) is 17.8. The van der Waals surface area contributed by atoms with E-state index in [9.17, 15) is 9.59 Å². The fourth-order valence-corrected chi connectivity index (χ4v) is 4.90. The van der Waals surface area contributed by atoms with Crippen molar-refractivity contribution in [3.8, 4) is 0 Å². The topological polar surface area (TPSA) is 58.2 Å². The smallest absolute Gasteiger partial charge is 0.224 e. The van der Waals surface area contributed by atoms with Gasteiger partial charge in [0.1, 0.15) is 0 Å². The molecule has 1 aliphatic rings. The molecule has 0 bridgehead atoms. The van der Waals surface area contributed by atoms with Gasteiger partial charge in [0.25, 0.3) is 0 Å². The Bertz CT molecular complexity index is 1110. The van der Waals surface area contributed by atoms with Crippen molar-refractivity contribution < 1.29 is 9.59 Å². The molecule has 4 rings (SSSR count). The number of fused-ring (bicyclic) bond motifs is 1. The van der Waals surface area contributed by atoms with Crippen LogP contribution in [0.4, 0.5) is 5.69 Å². The van der Waals surface area contributed by atoms with Gasteiger partial charge in [-0.2, -0.15) is 0 Å². The van der Waals surface area contributed by atoms with E-state index < -0.39 is 0 Å². The number of benzene rings is 3. The van der Waals surface area contributed by atoms with Crippen LogP contribution in [0.1, 0.15) is 72.8 Å². The fraction of sp³-hybridized carbons (Fsp3) is 0.375. The van der Waals surface area contributed by atoms with Gasteiger partial charge < -0.3 is 10.6 Å². The second-order valence-corrected chi connectivity index (χ2v) is 10.2. The molecule has 1 amide bonds. The van der Waals surface area contributed by atoms with E-state index in [1.54, 1.807) is 18.7 Å². The summed E-state index contributed by atoms with van der Waals surface area (Å²) in [6.45, 7) is 11.7. The molecule has 3 aromatic carbocycles. The van der Waals surface area contributed by atoms with E-state index in [0.717, 1.165) is 30.2 Å². The maximum Gasteiger partial charge on any atom is 0.224 e. The van der Waals surface area contributed by atoms with Crippen LogP contribution in [0.3, 0.4) is 0 Å². The molecular weight excluding hydrogens is 476 g/mol. The highest BCUT2D eigenvalue weighted by Crippen LogP contribution is 2.32. The minimum atomic E-state index is -0.0404. The number of anilines is 1. The second kappa shape index (κ2) is 15.9. The third-order valence-electron chi connectivity index (χ3n) is 6.12.